The Kier molecular flexibility index (Phi) is 8.15. The molecule has 0 saturated carbocycles. The van der Waals surface area contributed by atoms with Gasteiger partial charge in [0.25, 0.3) is 0 Å². The van der Waals surface area contributed by atoms with Gasteiger partial charge in [-0.05, 0) is 17.7 Å². The van der Waals surface area contributed by atoms with Crippen molar-refractivity contribution in [2.45, 2.75) is 38.2 Å². The summed E-state index contributed by atoms with van der Waals surface area (Å²) >= 11 is 6.55. The highest BCUT2D eigenvalue weighted by Crippen LogP contribution is 2.56. The van der Waals surface area contributed by atoms with Gasteiger partial charge in [0.15, 0.2) is 28.8 Å². The number of rotatable bonds is 9. The average molecular weight is 615 g/mol. The molecule has 3 aliphatic rings. The molecule has 2 aromatic carbocycles. The van der Waals surface area contributed by atoms with Crippen molar-refractivity contribution in [3.05, 3.63) is 51.7 Å². The third kappa shape index (κ3) is 5.09. The van der Waals surface area contributed by atoms with Crippen LogP contribution in [0.5, 0.6) is 28.7 Å². The molecule has 2 aliphatic heterocycles. The van der Waals surface area contributed by atoms with E-state index in [9.17, 15) is 24.3 Å². The van der Waals surface area contributed by atoms with Crippen LogP contribution < -0.4 is 34.3 Å². The van der Waals surface area contributed by atoms with Crippen LogP contribution in [0.2, 0.25) is 5.02 Å². The smallest absolute Gasteiger partial charge is 0.231 e. The van der Waals surface area contributed by atoms with Crippen molar-refractivity contribution in [1.82, 2.24) is 10.6 Å². The van der Waals surface area contributed by atoms with Crippen LogP contribution >= 0.6 is 11.6 Å². The molecule has 1 spiro atoms. The molecule has 228 valence electrons. The van der Waals surface area contributed by atoms with E-state index in [0.717, 1.165) is 0 Å². The molecular weight excluding hydrogens is 584 g/mol. The maximum atomic E-state index is 14.2. The van der Waals surface area contributed by atoms with E-state index in [1.807, 2.05) is 0 Å². The van der Waals surface area contributed by atoms with Gasteiger partial charge in [0.05, 0.1) is 14.2 Å². The number of methoxy groups -OCH3 is 2. The highest BCUT2D eigenvalue weighted by Gasteiger charge is 2.61. The number of nitrogens with one attached hydrogen (secondary N) is 2. The van der Waals surface area contributed by atoms with E-state index in [1.165, 1.54) is 27.2 Å². The van der Waals surface area contributed by atoms with Gasteiger partial charge >= 0.3 is 0 Å². The quantitative estimate of drug-likeness (QED) is 0.358. The minimum Gasteiger partial charge on any atom is -0.507 e. The third-order valence-corrected chi connectivity index (χ3v) is 8.23. The maximum absolute atomic E-state index is 14.2. The van der Waals surface area contributed by atoms with Crippen LogP contribution in [0, 0.1) is 5.92 Å². The molecular formula is C30H31ClN2O10. The zero-order valence-electron chi connectivity index (χ0n) is 24.0. The largest absolute Gasteiger partial charge is 0.507 e. The van der Waals surface area contributed by atoms with Gasteiger partial charge in [-0.1, -0.05) is 24.6 Å². The van der Waals surface area contributed by atoms with Gasteiger partial charge in [-0.2, -0.15) is 0 Å². The Balaban J connectivity index is 1.61. The zero-order chi connectivity index (χ0) is 31.1. The summed E-state index contributed by atoms with van der Waals surface area (Å²) in [5.41, 5.74) is -1.67. The number of halogens is 1. The summed E-state index contributed by atoms with van der Waals surface area (Å²) in [6, 6.07) is 6.39. The fourth-order valence-electron chi connectivity index (χ4n) is 5.75. The molecule has 0 bridgehead atoms. The van der Waals surface area contributed by atoms with Crippen molar-refractivity contribution in [2.24, 2.45) is 5.92 Å². The molecule has 1 aliphatic carbocycles. The average Bonchev–Trinajstić information content (AvgIpc) is 3.57. The molecule has 0 radical (unpaired) electrons. The SMILES string of the molecule is COc1cc(OC)c2c(c1Cl)OC1(C2=O)C(O)=C(C(CC(=O)NCCNC(C)=O)c2ccc3c(c2)OCO3)C(=O)CC1C. The van der Waals surface area contributed by atoms with E-state index in [1.54, 1.807) is 25.1 Å². The minimum absolute atomic E-state index is 0.00719. The van der Waals surface area contributed by atoms with E-state index in [4.69, 9.17) is 35.3 Å². The molecule has 5 rings (SSSR count). The summed E-state index contributed by atoms with van der Waals surface area (Å²) in [4.78, 5) is 52.2. The fraction of sp³-hybridized carbons (Fsp3) is 0.400. The molecule has 0 fully saturated rings. The van der Waals surface area contributed by atoms with E-state index < -0.39 is 40.7 Å². The summed E-state index contributed by atoms with van der Waals surface area (Å²) in [6.07, 6.45) is -0.435. The van der Waals surface area contributed by atoms with Crippen molar-refractivity contribution in [1.29, 1.82) is 0 Å². The molecule has 3 atom stereocenters. The Hall–Kier alpha value is -4.45. The van der Waals surface area contributed by atoms with Crippen LogP contribution in [0.25, 0.3) is 0 Å². The van der Waals surface area contributed by atoms with Crippen molar-refractivity contribution >= 4 is 35.0 Å². The summed E-state index contributed by atoms with van der Waals surface area (Å²) in [5, 5.41) is 17.3. The number of ketones is 2. The molecule has 0 saturated heterocycles. The number of carbonyl (C=O) groups is 4. The lowest BCUT2D eigenvalue weighted by molar-refractivity contribution is -0.122. The van der Waals surface area contributed by atoms with Gasteiger partial charge in [0.2, 0.25) is 30.0 Å². The number of ether oxygens (including phenoxy) is 5. The second kappa shape index (κ2) is 11.7. The molecule has 12 nitrogen and oxygen atoms in total. The third-order valence-electron chi connectivity index (χ3n) is 7.87. The second-order valence-corrected chi connectivity index (χ2v) is 10.8. The number of hydrogen-bond acceptors (Lipinski definition) is 10. The van der Waals surface area contributed by atoms with Crippen LogP contribution in [-0.4, -0.2) is 68.2 Å². The number of hydrogen-bond donors (Lipinski definition) is 3. The van der Waals surface area contributed by atoms with Gasteiger partial charge in [-0.15, -0.1) is 0 Å². The number of Topliss-reactive ketones (excluding diaryl/α,β-unsaturated/α-hetero) is 2. The fourth-order valence-corrected chi connectivity index (χ4v) is 6.02. The first kappa shape index (κ1) is 30.0. The predicted octanol–water partition coefficient (Wildman–Crippen LogP) is 3.25. The molecule has 2 heterocycles. The van der Waals surface area contributed by atoms with Gasteiger partial charge in [-0.3, -0.25) is 19.2 Å². The summed E-state index contributed by atoms with van der Waals surface area (Å²) in [5.74, 6) is -3.02. The highest BCUT2D eigenvalue weighted by molar-refractivity contribution is 6.35. The number of amides is 2. The first-order valence-corrected chi connectivity index (χ1v) is 14.0. The molecule has 43 heavy (non-hydrogen) atoms. The Bertz CT molecular complexity index is 1550. The molecule has 2 amide bonds. The highest BCUT2D eigenvalue weighted by atomic mass is 35.5. The van der Waals surface area contributed by atoms with Crippen molar-refractivity contribution in [3.8, 4) is 28.7 Å². The maximum Gasteiger partial charge on any atom is 0.231 e. The van der Waals surface area contributed by atoms with Crippen molar-refractivity contribution in [3.63, 3.8) is 0 Å². The monoisotopic (exact) mass is 614 g/mol. The number of allylic oxidation sites excluding steroid dienone is 1. The first-order valence-electron chi connectivity index (χ1n) is 13.6. The van der Waals surface area contributed by atoms with Gasteiger partial charge < -0.3 is 39.4 Å². The Labute approximate surface area is 252 Å². The molecule has 3 unspecified atom stereocenters. The lowest BCUT2D eigenvalue weighted by atomic mass is 9.69. The number of carbonyl (C=O) groups excluding carboxylic acids is 4. The van der Waals surface area contributed by atoms with Crippen LogP contribution in [0.3, 0.4) is 0 Å². The van der Waals surface area contributed by atoms with E-state index >= 15 is 0 Å². The normalized spacial score (nSPS) is 20.9. The van der Waals surface area contributed by atoms with Crippen LogP contribution in [0.1, 0.15) is 48.5 Å². The lowest BCUT2D eigenvalue weighted by Crippen LogP contribution is -2.53. The Morgan fingerprint density at radius 2 is 1.79 bits per heavy atom. The number of aliphatic hydroxyl groups is 1. The van der Waals surface area contributed by atoms with Gasteiger partial charge in [-0.25, -0.2) is 0 Å². The van der Waals surface area contributed by atoms with Gasteiger partial charge in [0, 0.05) is 56.3 Å². The zero-order valence-corrected chi connectivity index (χ0v) is 24.8. The van der Waals surface area contributed by atoms with Crippen molar-refractivity contribution in [2.75, 3.05) is 34.1 Å². The second-order valence-electron chi connectivity index (χ2n) is 10.5. The van der Waals surface area contributed by atoms with E-state index in [2.05, 4.69) is 10.6 Å². The van der Waals surface area contributed by atoms with Gasteiger partial charge in [0.1, 0.15) is 22.1 Å². The Morgan fingerprint density at radius 1 is 1.09 bits per heavy atom. The first-order chi connectivity index (χ1) is 20.5. The molecule has 13 heteroatoms. The molecule has 2 aromatic rings. The van der Waals surface area contributed by atoms with Crippen molar-refractivity contribution < 1.29 is 48.0 Å². The number of benzene rings is 2. The minimum atomic E-state index is -2.01. The lowest BCUT2D eigenvalue weighted by Gasteiger charge is -2.38. The number of aliphatic hydroxyl groups excluding tert-OH is 1. The molecule has 0 aromatic heterocycles. The topological polar surface area (TPSA) is 159 Å². The number of fused-ring (bicyclic) bond motifs is 2. The molecule has 3 N–H and O–H groups in total. The van der Waals surface area contributed by atoms with Crippen LogP contribution in [0.4, 0.5) is 0 Å². The van der Waals surface area contributed by atoms with Crippen LogP contribution in [-0.2, 0) is 14.4 Å². The standard InChI is InChI=1S/C30H31ClN2O10/c1-14-9-18(35)24(28(37)30(14)29(38)25-21(39-3)12-22(40-4)26(31)27(25)43-30)17(11-23(36)33-8-7-32-15(2)34)16-5-6-19-20(10-16)42-13-41-19/h5-6,10,12,14,17,37H,7-9,11,13H2,1-4H3,(H,32,34)(H,33,36). The van der Waals surface area contributed by atoms with E-state index in [-0.39, 0.29) is 72.0 Å². The summed E-state index contributed by atoms with van der Waals surface area (Å²) in [6.45, 7) is 3.34. The van der Waals surface area contributed by atoms with E-state index in [0.29, 0.717) is 17.1 Å². The summed E-state index contributed by atoms with van der Waals surface area (Å²) in [7, 11) is 2.77. The Morgan fingerprint density at radius 3 is 2.49 bits per heavy atom. The van der Waals surface area contributed by atoms with Crippen LogP contribution in [0.15, 0.2) is 35.6 Å². The predicted molar refractivity (Wildman–Crippen MR) is 152 cm³/mol. The summed E-state index contributed by atoms with van der Waals surface area (Å²) < 4.78 is 27.9.